The number of rotatable bonds is 4. The van der Waals surface area contributed by atoms with Gasteiger partial charge in [-0.15, -0.1) is 0 Å². The maximum Gasteiger partial charge on any atom is 0.230 e. The molecule has 0 aliphatic carbocycles. The number of thioether (sulfide) groups is 1. The molecule has 0 spiro atoms. The van der Waals surface area contributed by atoms with Gasteiger partial charge in [0.15, 0.2) is 0 Å². The van der Waals surface area contributed by atoms with Crippen LogP contribution in [0, 0.1) is 0 Å². The molecule has 64 valence electrons. The van der Waals surface area contributed by atoms with Crippen LogP contribution < -0.4 is 10.6 Å². The lowest BCUT2D eigenvalue weighted by atomic mass is 10.2. The normalized spacial score (nSPS) is 17.5. The number of nitrogens with one attached hydrogen (secondary N) is 2. The Morgan fingerprint density at radius 2 is 2.45 bits per heavy atom. The summed E-state index contributed by atoms with van der Waals surface area (Å²) in [6.07, 6.45) is 0. The summed E-state index contributed by atoms with van der Waals surface area (Å²) in [6, 6.07) is 0.389. The lowest BCUT2D eigenvalue weighted by Gasteiger charge is -2.27. The first-order valence-corrected chi connectivity index (χ1v) is 5.06. The lowest BCUT2D eigenvalue weighted by molar-refractivity contribution is -0.119. The summed E-state index contributed by atoms with van der Waals surface area (Å²) in [5.41, 5.74) is 0. The van der Waals surface area contributed by atoms with E-state index in [2.05, 4.69) is 17.6 Å². The maximum absolute atomic E-state index is 11.0. The van der Waals surface area contributed by atoms with Gasteiger partial charge in [0.25, 0.3) is 0 Å². The molecule has 1 heterocycles. The Balaban J connectivity index is 2.00. The van der Waals surface area contributed by atoms with E-state index in [9.17, 15) is 4.79 Å². The van der Waals surface area contributed by atoms with Crippen LogP contribution in [-0.4, -0.2) is 36.5 Å². The zero-order valence-electron chi connectivity index (χ0n) is 6.72. The third kappa shape index (κ3) is 3.12. The van der Waals surface area contributed by atoms with E-state index < -0.39 is 0 Å². The van der Waals surface area contributed by atoms with Gasteiger partial charge in [-0.2, -0.15) is 11.8 Å². The van der Waals surface area contributed by atoms with Crippen LogP contribution in [0.5, 0.6) is 0 Å². The third-order valence-corrected chi connectivity index (χ3v) is 2.46. The highest BCUT2D eigenvalue weighted by Gasteiger charge is 2.17. The molecule has 3 nitrogen and oxygen atoms in total. The zero-order valence-corrected chi connectivity index (χ0v) is 7.54. The molecule has 0 unspecified atom stereocenters. The first-order valence-electron chi connectivity index (χ1n) is 3.90. The summed E-state index contributed by atoms with van der Waals surface area (Å²) in [5.74, 6) is 1.78. The standard InChI is InChI=1S/C7H14N2OS/c1-2-11-5-7(10)9-6-3-8-4-6/h6,8H,2-5H2,1H3,(H,9,10). The highest BCUT2D eigenvalue weighted by atomic mass is 32.2. The van der Waals surface area contributed by atoms with Gasteiger partial charge < -0.3 is 10.6 Å². The van der Waals surface area contributed by atoms with Crippen molar-refractivity contribution < 1.29 is 4.79 Å². The number of amides is 1. The van der Waals surface area contributed by atoms with Crippen LogP contribution in [0.4, 0.5) is 0 Å². The van der Waals surface area contributed by atoms with E-state index in [1.54, 1.807) is 11.8 Å². The molecule has 0 saturated carbocycles. The van der Waals surface area contributed by atoms with E-state index in [-0.39, 0.29) is 5.91 Å². The van der Waals surface area contributed by atoms with Crippen LogP contribution >= 0.6 is 11.8 Å². The molecule has 4 heteroatoms. The van der Waals surface area contributed by atoms with Crippen molar-refractivity contribution in [1.29, 1.82) is 0 Å². The van der Waals surface area contributed by atoms with Crippen molar-refractivity contribution in [2.45, 2.75) is 13.0 Å². The van der Waals surface area contributed by atoms with Gasteiger partial charge in [0.1, 0.15) is 0 Å². The monoisotopic (exact) mass is 174 g/mol. The van der Waals surface area contributed by atoms with Crippen molar-refractivity contribution in [3.63, 3.8) is 0 Å². The zero-order chi connectivity index (χ0) is 8.10. The van der Waals surface area contributed by atoms with E-state index in [0.29, 0.717) is 11.8 Å². The molecule has 0 aromatic carbocycles. The molecule has 2 N–H and O–H groups in total. The Labute approximate surface area is 71.3 Å². The van der Waals surface area contributed by atoms with Gasteiger partial charge in [-0.3, -0.25) is 4.79 Å². The van der Waals surface area contributed by atoms with Crippen LogP contribution in [0.15, 0.2) is 0 Å². The quantitative estimate of drug-likeness (QED) is 0.621. The van der Waals surface area contributed by atoms with Crippen LogP contribution in [0.1, 0.15) is 6.92 Å². The third-order valence-electron chi connectivity index (χ3n) is 1.58. The number of carbonyl (C=O) groups is 1. The number of hydrogen-bond acceptors (Lipinski definition) is 3. The predicted molar refractivity (Wildman–Crippen MR) is 47.8 cm³/mol. The SMILES string of the molecule is CCSCC(=O)NC1CNC1. The summed E-state index contributed by atoms with van der Waals surface area (Å²) in [7, 11) is 0. The predicted octanol–water partition coefficient (Wildman–Crippen LogP) is -0.173. The van der Waals surface area contributed by atoms with E-state index in [1.165, 1.54) is 0 Å². The van der Waals surface area contributed by atoms with Gasteiger partial charge in [0, 0.05) is 13.1 Å². The molecule has 1 fully saturated rings. The highest BCUT2D eigenvalue weighted by Crippen LogP contribution is 1.98. The summed E-state index contributed by atoms with van der Waals surface area (Å²) < 4.78 is 0. The summed E-state index contributed by atoms with van der Waals surface area (Å²) >= 11 is 1.66. The Hall–Kier alpha value is -0.220. The Bertz CT molecular complexity index is 136. The fourth-order valence-corrected chi connectivity index (χ4v) is 1.33. The average Bonchev–Trinajstić information content (AvgIpc) is 1.93. The van der Waals surface area contributed by atoms with Gasteiger partial charge >= 0.3 is 0 Å². The Morgan fingerprint density at radius 3 is 2.91 bits per heavy atom. The summed E-state index contributed by atoms with van der Waals surface area (Å²) in [5, 5.41) is 6.03. The fourth-order valence-electron chi connectivity index (χ4n) is 0.855. The Morgan fingerprint density at radius 1 is 1.73 bits per heavy atom. The van der Waals surface area contributed by atoms with Gasteiger partial charge in [-0.25, -0.2) is 0 Å². The van der Waals surface area contributed by atoms with Crippen LogP contribution in [0.2, 0.25) is 0 Å². The molecule has 1 aliphatic rings. The smallest absolute Gasteiger partial charge is 0.230 e. The van der Waals surface area contributed by atoms with Crippen molar-refractivity contribution in [1.82, 2.24) is 10.6 Å². The largest absolute Gasteiger partial charge is 0.350 e. The minimum absolute atomic E-state index is 0.170. The van der Waals surface area contributed by atoms with E-state index in [0.717, 1.165) is 18.8 Å². The fraction of sp³-hybridized carbons (Fsp3) is 0.857. The molecule has 1 aliphatic heterocycles. The van der Waals surface area contributed by atoms with Crippen LogP contribution in [0.3, 0.4) is 0 Å². The minimum atomic E-state index is 0.170. The van der Waals surface area contributed by atoms with E-state index in [1.807, 2.05) is 0 Å². The molecule has 11 heavy (non-hydrogen) atoms. The van der Waals surface area contributed by atoms with Crippen molar-refractivity contribution in [3.05, 3.63) is 0 Å². The topological polar surface area (TPSA) is 41.1 Å². The molecule has 0 aromatic heterocycles. The molecule has 0 atom stereocenters. The molecular formula is C7H14N2OS. The average molecular weight is 174 g/mol. The van der Waals surface area contributed by atoms with Gasteiger partial charge in [-0.1, -0.05) is 6.92 Å². The molecule has 1 amide bonds. The molecule has 1 saturated heterocycles. The van der Waals surface area contributed by atoms with Crippen LogP contribution in [0.25, 0.3) is 0 Å². The second kappa shape index (κ2) is 4.62. The second-order valence-electron chi connectivity index (χ2n) is 2.56. The van der Waals surface area contributed by atoms with E-state index in [4.69, 9.17) is 0 Å². The number of carbonyl (C=O) groups excluding carboxylic acids is 1. The molecular weight excluding hydrogens is 160 g/mol. The summed E-state index contributed by atoms with van der Waals surface area (Å²) in [4.78, 5) is 11.0. The minimum Gasteiger partial charge on any atom is -0.350 e. The Kier molecular flexibility index (Phi) is 3.72. The van der Waals surface area contributed by atoms with Crippen molar-refractivity contribution in [2.75, 3.05) is 24.6 Å². The van der Waals surface area contributed by atoms with E-state index >= 15 is 0 Å². The first kappa shape index (κ1) is 8.87. The van der Waals surface area contributed by atoms with Gasteiger partial charge in [0.05, 0.1) is 11.8 Å². The summed E-state index contributed by atoms with van der Waals surface area (Å²) in [6.45, 7) is 3.92. The highest BCUT2D eigenvalue weighted by molar-refractivity contribution is 7.99. The van der Waals surface area contributed by atoms with Gasteiger partial charge in [-0.05, 0) is 5.75 Å². The van der Waals surface area contributed by atoms with Crippen molar-refractivity contribution >= 4 is 17.7 Å². The van der Waals surface area contributed by atoms with Crippen molar-refractivity contribution in [2.24, 2.45) is 0 Å². The first-order chi connectivity index (χ1) is 5.33. The molecule has 0 radical (unpaired) electrons. The second-order valence-corrected chi connectivity index (χ2v) is 3.83. The lowest BCUT2D eigenvalue weighted by Crippen LogP contribution is -2.57. The van der Waals surface area contributed by atoms with Gasteiger partial charge in [0.2, 0.25) is 5.91 Å². The van der Waals surface area contributed by atoms with Crippen molar-refractivity contribution in [3.8, 4) is 0 Å². The number of hydrogen-bond donors (Lipinski definition) is 2. The van der Waals surface area contributed by atoms with Crippen LogP contribution in [-0.2, 0) is 4.79 Å². The molecule has 0 bridgehead atoms. The molecule has 1 rings (SSSR count). The molecule has 0 aromatic rings. The maximum atomic E-state index is 11.0.